The second kappa shape index (κ2) is 5.55. The maximum absolute atomic E-state index is 13.5. The molecule has 1 aliphatic carbocycles. The van der Waals surface area contributed by atoms with Gasteiger partial charge in [0.2, 0.25) is 0 Å². The molecule has 0 saturated carbocycles. The molecule has 0 bridgehead atoms. The Morgan fingerprint density at radius 3 is 2.48 bits per heavy atom. The topological polar surface area (TPSA) is 32.9 Å². The van der Waals surface area contributed by atoms with Crippen LogP contribution >= 0.6 is 0 Å². The molecule has 1 aromatic heterocycles. The van der Waals surface area contributed by atoms with Crippen molar-refractivity contribution >= 4 is 16.7 Å². The summed E-state index contributed by atoms with van der Waals surface area (Å²) in [4.78, 5) is 16.2. The minimum Gasteiger partial charge on any atom is -0.358 e. The number of para-hydroxylation sites is 1. The normalized spacial score (nSPS) is 21.9. The van der Waals surface area contributed by atoms with Crippen molar-refractivity contribution in [2.24, 2.45) is 11.3 Å². The van der Waals surface area contributed by atoms with E-state index in [-0.39, 0.29) is 28.9 Å². The van der Waals surface area contributed by atoms with Crippen LogP contribution in [0, 0.1) is 17.2 Å². The highest BCUT2D eigenvalue weighted by atomic mass is 19.1. The second-order valence-electron chi connectivity index (χ2n) is 7.85. The third-order valence-corrected chi connectivity index (χ3v) is 5.63. The SMILES string of the molecule is CC(=O)[C@@H]1[C@@H](c2ccc(F)cc2)c2[nH]c3ccccc3c2CC1(C)C. The van der Waals surface area contributed by atoms with E-state index >= 15 is 0 Å². The molecular formula is C22H22FNO. The number of Topliss-reactive ketones (excluding diaryl/α,β-unsaturated/α-hetero) is 1. The Bertz CT molecular complexity index is 952. The summed E-state index contributed by atoms with van der Waals surface area (Å²) >= 11 is 0. The Morgan fingerprint density at radius 2 is 1.80 bits per heavy atom. The van der Waals surface area contributed by atoms with E-state index in [1.54, 1.807) is 6.92 Å². The Kier molecular flexibility index (Phi) is 3.57. The number of ketones is 1. The molecule has 25 heavy (non-hydrogen) atoms. The Morgan fingerprint density at radius 1 is 1.12 bits per heavy atom. The first-order valence-electron chi connectivity index (χ1n) is 8.74. The maximum Gasteiger partial charge on any atom is 0.134 e. The Hall–Kier alpha value is -2.42. The van der Waals surface area contributed by atoms with Gasteiger partial charge in [-0.15, -0.1) is 0 Å². The number of nitrogens with one attached hydrogen (secondary N) is 1. The van der Waals surface area contributed by atoms with Crippen LogP contribution in [0.3, 0.4) is 0 Å². The first kappa shape index (κ1) is 16.1. The summed E-state index contributed by atoms with van der Waals surface area (Å²) in [6.45, 7) is 6.01. The molecule has 0 unspecified atom stereocenters. The highest BCUT2D eigenvalue weighted by Gasteiger charge is 2.46. The number of carbonyl (C=O) groups is 1. The number of hydrogen-bond acceptors (Lipinski definition) is 1. The molecule has 2 aromatic carbocycles. The largest absolute Gasteiger partial charge is 0.358 e. The first-order chi connectivity index (χ1) is 11.9. The lowest BCUT2D eigenvalue weighted by Crippen LogP contribution is -2.40. The quantitative estimate of drug-likeness (QED) is 0.684. The van der Waals surface area contributed by atoms with Crippen molar-refractivity contribution in [3.05, 3.63) is 71.2 Å². The van der Waals surface area contributed by atoms with Crippen LogP contribution in [0.2, 0.25) is 0 Å². The van der Waals surface area contributed by atoms with Crippen LogP contribution in [-0.2, 0) is 11.2 Å². The van der Waals surface area contributed by atoms with Crippen LogP contribution in [0.5, 0.6) is 0 Å². The average Bonchev–Trinajstić information content (AvgIpc) is 2.91. The van der Waals surface area contributed by atoms with Crippen molar-refractivity contribution in [3.8, 4) is 0 Å². The van der Waals surface area contributed by atoms with Crippen molar-refractivity contribution in [3.63, 3.8) is 0 Å². The summed E-state index contributed by atoms with van der Waals surface area (Å²) in [7, 11) is 0. The van der Waals surface area contributed by atoms with Crippen LogP contribution in [0.1, 0.15) is 43.5 Å². The van der Waals surface area contributed by atoms with E-state index in [1.807, 2.05) is 24.3 Å². The summed E-state index contributed by atoms with van der Waals surface area (Å²) in [6, 6.07) is 14.9. The van der Waals surface area contributed by atoms with Gasteiger partial charge in [0.1, 0.15) is 11.6 Å². The number of H-pyrrole nitrogens is 1. The van der Waals surface area contributed by atoms with Gasteiger partial charge in [-0.05, 0) is 48.1 Å². The molecule has 1 aliphatic rings. The van der Waals surface area contributed by atoms with E-state index in [2.05, 4.69) is 31.0 Å². The lowest BCUT2D eigenvalue weighted by atomic mass is 9.60. The summed E-state index contributed by atoms with van der Waals surface area (Å²) in [5, 5.41) is 1.22. The van der Waals surface area contributed by atoms with Crippen molar-refractivity contribution < 1.29 is 9.18 Å². The zero-order chi connectivity index (χ0) is 17.8. The van der Waals surface area contributed by atoms with Gasteiger partial charge in [0, 0.05) is 28.4 Å². The predicted molar refractivity (Wildman–Crippen MR) is 98.2 cm³/mol. The standard InChI is InChI=1S/C22H22FNO/c1-13(25)20-19(14-8-10-15(23)11-9-14)21-17(12-22(20,2)3)16-6-4-5-7-18(16)24-21/h4-11,19-20,24H,12H2,1-3H3/t19-,20-/m1/s1. The van der Waals surface area contributed by atoms with Crippen molar-refractivity contribution in [2.75, 3.05) is 0 Å². The highest BCUT2D eigenvalue weighted by molar-refractivity contribution is 5.88. The summed E-state index contributed by atoms with van der Waals surface area (Å²) in [5.41, 5.74) is 4.31. The van der Waals surface area contributed by atoms with Gasteiger partial charge in [-0.3, -0.25) is 4.79 Å². The molecule has 128 valence electrons. The van der Waals surface area contributed by atoms with Gasteiger partial charge in [-0.25, -0.2) is 4.39 Å². The molecule has 0 fully saturated rings. The molecule has 3 aromatic rings. The number of rotatable bonds is 2. The summed E-state index contributed by atoms with van der Waals surface area (Å²) < 4.78 is 13.5. The molecule has 1 heterocycles. The number of fused-ring (bicyclic) bond motifs is 3. The zero-order valence-electron chi connectivity index (χ0n) is 14.8. The van der Waals surface area contributed by atoms with Crippen molar-refractivity contribution in [1.29, 1.82) is 0 Å². The van der Waals surface area contributed by atoms with Crippen LogP contribution < -0.4 is 0 Å². The number of aromatic nitrogens is 1. The molecule has 0 spiro atoms. The fourth-order valence-corrected chi connectivity index (χ4v) is 4.67. The van der Waals surface area contributed by atoms with Crippen LogP contribution in [-0.4, -0.2) is 10.8 Å². The van der Waals surface area contributed by atoms with Crippen LogP contribution in [0.15, 0.2) is 48.5 Å². The van der Waals surface area contributed by atoms with E-state index < -0.39 is 0 Å². The molecule has 0 saturated heterocycles. The van der Waals surface area contributed by atoms with Gasteiger partial charge in [-0.1, -0.05) is 44.2 Å². The predicted octanol–water partition coefficient (Wildman–Crippen LogP) is 5.23. The van der Waals surface area contributed by atoms with E-state index in [0.717, 1.165) is 23.2 Å². The molecule has 2 atom stereocenters. The molecule has 0 aliphatic heterocycles. The molecule has 1 N–H and O–H groups in total. The fraction of sp³-hybridized carbons (Fsp3) is 0.318. The molecular weight excluding hydrogens is 313 g/mol. The molecule has 3 heteroatoms. The molecule has 0 radical (unpaired) electrons. The maximum atomic E-state index is 13.5. The van der Waals surface area contributed by atoms with Gasteiger partial charge in [0.15, 0.2) is 0 Å². The molecule has 0 amide bonds. The minimum absolute atomic E-state index is 0.0794. The van der Waals surface area contributed by atoms with Crippen LogP contribution in [0.25, 0.3) is 10.9 Å². The van der Waals surface area contributed by atoms with Gasteiger partial charge in [-0.2, -0.15) is 0 Å². The number of benzene rings is 2. The van der Waals surface area contributed by atoms with E-state index in [0.29, 0.717) is 0 Å². The molecule has 2 nitrogen and oxygen atoms in total. The third kappa shape index (κ3) is 2.50. The smallest absolute Gasteiger partial charge is 0.134 e. The molecule has 4 rings (SSSR count). The fourth-order valence-electron chi connectivity index (χ4n) is 4.67. The Labute approximate surface area is 147 Å². The van der Waals surface area contributed by atoms with Gasteiger partial charge in [0.05, 0.1) is 0 Å². The minimum atomic E-state index is -0.255. The summed E-state index contributed by atoms with van der Waals surface area (Å²) in [5.74, 6) is -0.290. The highest BCUT2D eigenvalue weighted by Crippen LogP contribution is 2.51. The lowest BCUT2D eigenvalue weighted by Gasteiger charge is -2.43. The summed E-state index contributed by atoms with van der Waals surface area (Å²) in [6.07, 6.45) is 0.855. The van der Waals surface area contributed by atoms with Gasteiger partial charge < -0.3 is 4.98 Å². The van der Waals surface area contributed by atoms with Crippen LogP contribution in [0.4, 0.5) is 4.39 Å². The number of aromatic amines is 1. The van der Waals surface area contributed by atoms with E-state index in [1.165, 1.54) is 23.1 Å². The number of carbonyl (C=O) groups excluding carboxylic acids is 1. The number of halogens is 1. The van der Waals surface area contributed by atoms with E-state index in [9.17, 15) is 9.18 Å². The number of hydrogen-bond donors (Lipinski definition) is 1. The van der Waals surface area contributed by atoms with Crippen molar-refractivity contribution in [1.82, 2.24) is 4.98 Å². The van der Waals surface area contributed by atoms with Crippen molar-refractivity contribution in [2.45, 2.75) is 33.1 Å². The second-order valence-corrected chi connectivity index (χ2v) is 7.85. The first-order valence-corrected chi connectivity index (χ1v) is 8.74. The average molecular weight is 335 g/mol. The van der Waals surface area contributed by atoms with Gasteiger partial charge >= 0.3 is 0 Å². The monoisotopic (exact) mass is 335 g/mol. The zero-order valence-corrected chi connectivity index (χ0v) is 14.8. The van der Waals surface area contributed by atoms with Gasteiger partial charge in [0.25, 0.3) is 0 Å². The third-order valence-electron chi connectivity index (χ3n) is 5.63. The Balaban J connectivity index is 2.00. The lowest BCUT2D eigenvalue weighted by molar-refractivity contribution is -0.125. The van der Waals surface area contributed by atoms with E-state index in [4.69, 9.17) is 0 Å².